The van der Waals surface area contributed by atoms with Crippen LogP contribution in [0.3, 0.4) is 0 Å². The molecule has 2 rings (SSSR count). The Kier molecular flexibility index (Phi) is 4.29. The van der Waals surface area contributed by atoms with Gasteiger partial charge in [0, 0.05) is 28.0 Å². The molecule has 0 saturated carbocycles. The first-order valence-corrected chi connectivity index (χ1v) is 6.85. The van der Waals surface area contributed by atoms with E-state index in [0.29, 0.717) is 22.0 Å². The maximum Gasteiger partial charge on any atom is 0.273 e. The number of thioether (sulfide) groups is 1. The lowest BCUT2D eigenvalue weighted by Gasteiger charge is -2.07. The first kappa shape index (κ1) is 13.7. The molecule has 2 N–H and O–H groups in total. The Balaban J connectivity index is 2.22. The Bertz CT molecular complexity index is 599. The van der Waals surface area contributed by atoms with Crippen LogP contribution in [0.4, 0.5) is 11.4 Å². The van der Waals surface area contributed by atoms with Crippen LogP contribution in [0.1, 0.15) is 5.56 Å². The van der Waals surface area contributed by atoms with Gasteiger partial charge in [-0.15, -0.1) is 11.8 Å². The highest BCUT2D eigenvalue weighted by atomic mass is 35.5. The van der Waals surface area contributed by atoms with Crippen molar-refractivity contribution in [2.45, 2.75) is 10.6 Å². The molecule has 2 aromatic carbocycles. The van der Waals surface area contributed by atoms with Gasteiger partial charge in [-0.25, -0.2) is 0 Å². The molecule has 0 radical (unpaired) electrons. The van der Waals surface area contributed by atoms with Crippen molar-refractivity contribution in [3.63, 3.8) is 0 Å². The zero-order valence-corrected chi connectivity index (χ0v) is 11.4. The van der Waals surface area contributed by atoms with Gasteiger partial charge < -0.3 is 5.73 Å². The van der Waals surface area contributed by atoms with E-state index < -0.39 is 0 Å². The molecule has 0 amide bonds. The number of nitro groups is 1. The van der Waals surface area contributed by atoms with Crippen LogP contribution < -0.4 is 5.73 Å². The fourth-order valence-electron chi connectivity index (χ4n) is 1.64. The molecule has 0 aliphatic carbocycles. The quantitative estimate of drug-likeness (QED) is 0.398. The molecule has 0 unspecified atom stereocenters. The van der Waals surface area contributed by atoms with Crippen LogP contribution in [-0.2, 0) is 5.75 Å². The lowest BCUT2D eigenvalue weighted by molar-refractivity contribution is -0.385. The first-order valence-electron chi connectivity index (χ1n) is 5.48. The van der Waals surface area contributed by atoms with Gasteiger partial charge in [-0.1, -0.05) is 35.9 Å². The zero-order chi connectivity index (χ0) is 13.8. The number of anilines is 1. The fourth-order valence-corrected chi connectivity index (χ4v) is 2.97. The maximum absolute atomic E-state index is 10.9. The van der Waals surface area contributed by atoms with Crippen LogP contribution in [0.2, 0.25) is 5.02 Å². The standard InChI is InChI=1S/C13H11ClN2O2S/c14-10-5-3-6-11(15)13(10)19-8-9-4-1-2-7-12(9)16(17)18/h1-7H,8,15H2. The van der Waals surface area contributed by atoms with E-state index in [9.17, 15) is 10.1 Å². The molecule has 19 heavy (non-hydrogen) atoms. The highest BCUT2D eigenvalue weighted by Crippen LogP contribution is 2.35. The summed E-state index contributed by atoms with van der Waals surface area (Å²) in [5, 5.41) is 11.5. The number of hydrogen-bond donors (Lipinski definition) is 1. The molecular formula is C13H11ClN2O2S. The predicted octanol–water partition coefficient (Wildman–Crippen LogP) is 4.12. The number of benzene rings is 2. The molecule has 0 fully saturated rings. The van der Waals surface area contributed by atoms with Crippen molar-refractivity contribution >= 4 is 34.7 Å². The molecule has 6 heteroatoms. The smallest absolute Gasteiger partial charge is 0.273 e. The van der Waals surface area contributed by atoms with Crippen LogP contribution in [0.5, 0.6) is 0 Å². The van der Waals surface area contributed by atoms with E-state index in [1.165, 1.54) is 17.8 Å². The van der Waals surface area contributed by atoms with Gasteiger partial charge in [-0.3, -0.25) is 10.1 Å². The summed E-state index contributed by atoms with van der Waals surface area (Å²) in [5.41, 5.74) is 7.19. The minimum absolute atomic E-state index is 0.112. The van der Waals surface area contributed by atoms with Crippen LogP contribution >= 0.6 is 23.4 Å². The molecule has 0 aromatic heterocycles. The lowest BCUT2D eigenvalue weighted by atomic mass is 10.2. The Morgan fingerprint density at radius 2 is 1.95 bits per heavy atom. The molecule has 0 heterocycles. The summed E-state index contributed by atoms with van der Waals surface area (Å²) in [6.45, 7) is 0. The minimum atomic E-state index is -0.383. The number of para-hydroxylation sites is 1. The van der Waals surface area contributed by atoms with Crippen molar-refractivity contribution in [1.82, 2.24) is 0 Å². The Morgan fingerprint density at radius 1 is 1.21 bits per heavy atom. The monoisotopic (exact) mass is 294 g/mol. The molecule has 4 nitrogen and oxygen atoms in total. The third-order valence-electron chi connectivity index (χ3n) is 2.56. The normalized spacial score (nSPS) is 10.4. The van der Waals surface area contributed by atoms with Crippen LogP contribution in [0.15, 0.2) is 47.4 Å². The summed E-state index contributed by atoms with van der Waals surface area (Å²) in [6.07, 6.45) is 0. The van der Waals surface area contributed by atoms with Gasteiger partial charge in [0.1, 0.15) is 0 Å². The summed E-state index contributed by atoms with van der Waals surface area (Å²) >= 11 is 7.46. The third kappa shape index (κ3) is 3.19. The van der Waals surface area contributed by atoms with Gasteiger partial charge in [0.25, 0.3) is 5.69 Å². The number of nitrogens with two attached hydrogens (primary N) is 1. The van der Waals surface area contributed by atoms with Crippen molar-refractivity contribution < 1.29 is 4.92 Å². The molecule has 0 bridgehead atoms. The van der Waals surface area contributed by atoms with Gasteiger partial charge in [-0.05, 0) is 12.1 Å². The van der Waals surface area contributed by atoms with E-state index in [2.05, 4.69) is 0 Å². The highest BCUT2D eigenvalue weighted by Gasteiger charge is 2.13. The topological polar surface area (TPSA) is 69.2 Å². The zero-order valence-electron chi connectivity index (χ0n) is 9.88. The van der Waals surface area contributed by atoms with Gasteiger partial charge >= 0.3 is 0 Å². The largest absolute Gasteiger partial charge is 0.398 e. The summed E-state index contributed by atoms with van der Waals surface area (Å²) in [4.78, 5) is 11.3. The predicted molar refractivity (Wildman–Crippen MR) is 78.5 cm³/mol. The van der Waals surface area contributed by atoms with E-state index in [1.54, 1.807) is 36.4 Å². The van der Waals surface area contributed by atoms with Gasteiger partial charge in [0.05, 0.1) is 9.95 Å². The number of hydrogen-bond acceptors (Lipinski definition) is 4. The van der Waals surface area contributed by atoms with Gasteiger partial charge in [-0.2, -0.15) is 0 Å². The number of halogens is 1. The van der Waals surface area contributed by atoms with Crippen molar-refractivity contribution in [2.24, 2.45) is 0 Å². The van der Waals surface area contributed by atoms with Crippen molar-refractivity contribution in [1.29, 1.82) is 0 Å². The number of rotatable bonds is 4. The van der Waals surface area contributed by atoms with Crippen LogP contribution in [0.25, 0.3) is 0 Å². The van der Waals surface area contributed by atoms with Crippen molar-refractivity contribution in [3.8, 4) is 0 Å². The Hall–Kier alpha value is -1.72. The summed E-state index contributed by atoms with van der Waals surface area (Å²) < 4.78 is 0. The molecule has 0 aliphatic heterocycles. The lowest BCUT2D eigenvalue weighted by Crippen LogP contribution is -1.94. The molecule has 0 saturated heterocycles. The molecule has 2 aromatic rings. The van der Waals surface area contributed by atoms with E-state index in [-0.39, 0.29) is 10.6 Å². The fraction of sp³-hybridized carbons (Fsp3) is 0.0769. The number of nitrogen functional groups attached to an aromatic ring is 1. The summed E-state index contributed by atoms with van der Waals surface area (Å²) in [7, 11) is 0. The molecule has 98 valence electrons. The first-order chi connectivity index (χ1) is 9.09. The molecule has 0 aliphatic rings. The second-order valence-electron chi connectivity index (χ2n) is 3.83. The van der Waals surface area contributed by atoms with E-state index in [0.717, 1.165) is 4.90 Å². The van der Waals surface area contributed by atoms with Gasteiger partial charge in [0.2, 0.25) is 0 Å². The Labute approximate surface area is 119 Å². The molecule has 0 spiro atoms. The van der Waals surface area contributed by atoms with E-state index >= 15 is 0 Å². The maximum atomic E-state index is 10.9. The highest BCUT2D eigenvalue weighted by molar-refractivity contribution is 7.98. The van der Waals surface area contributed by atoms with E-state index in [4.69, 9.17) is 17.3 Å². The van der Waals surface area contributed by atoms with Crippen molar-refractivity contribution in [3.05, 3.63) is 63.2 Å². The third-order valence-corrected chi connectivity index (χ3v) is 4.18. The molecular weight excluding hydrogens is 284 g/mol. The SMILES string of the molecule is Nc1cccc(Cl)c1SCc1ccccc1[N+](=O)[O-]. The van der Waals surface area contributed by atoms with E-state index in [1.807, 2.05) is 0 Å². The second-order valence-corrected chi connectivity index (χ2v) is 5.23. The average Bonchev–Trinajstić information content (AvgIpc) is 2.38. The summed E-state index contributed by atoms with van der Waals surface area (Å²) in [6, 6.07) is 11.9. The molecule has 0 atom stereocenters. The number of nitro benzene ring substituents is 1. The minimum Gasteiger partial charge on any atom is -0.398 e. The number of nitrogens with zero attached hydrogens (tertiary/aromatic N) is 1. The van der Waals surface area contributed by atoms with Crippen molar-refractivity contribution in [2.75, 3.05) is 5.73 Å². The second kappa shape index (κ2) is 5.95. The van der Waals surface area contributed by atoms with Gasteiger partial charge in [0.15, 0.2) is 0 Å². The van der Waals surface area contributed by atoms with Crippen LogP contribution in [-0.4, -0.2) is 4.92 Å². The Morgan fingerprint density at radius 3 is 2.63 bits per heavy atom. The summed E-state index contributed by atoms with van der Waals surface area (Å²) in [5.74, 6) is 0.449. The average molecular weight is 295 g/mol. The van der Waals surface area contributed by atoms with Crippen LogP contribution in [0, 0.1) is 10.1 Å².